The maximum atomic E-state index is 6.20. The van der Waals surface area contributed by atoms with Crippen molar-refractivity contribution in [3.05, 3.63) is 76.3 Å². The molecule has 2 N–H and O–H groups in total. The van der Waals surface area contributed by atoms with E-state index >= 15 is 0 Å². The Morgan fingerprint density at radius 1 is 0.900 bits per heavy atom. The molecule has 1 saturated heterocycles. The third kappa shape index (κ3) is 6.19. The minimum absolute atomic E-state index is 0.0391. The number of fused-ring (bicyclic) bond motifs is 1. The van der Waals surface area contributed by atoms with Crippen molar-refractivity contribution in [2.24, 2.45) is 0 Å². The smallest absolute Gasteiger partial charge is 0.232 e. The highest BCUT2D eigenvalue weighted by Crippen LogP contribution is 2.39. The number of benzene rings is 2. The fraction of sp³-hybridized carbons (Fsp3) is 0.452. The Bertz CT molecular complexity index is 1320. The van der Waals surface area contributed by atoms with E-state index in [9.17, 15) is 0 Å². The third-order valence-corrected chi connectivity index (χ3v) is 9.07. The van der Waals surface area contributed by atoms with Crippen LogP contribution in [0, 0.1) is 0 Å². The van der Waals surface area contributed by atoms with Gasteiger partial charge in [0.25, 0.3) is 0 Å². The fourth-order valence-corrected chi connectivity index (χ4v) is 6.57. The van der Waals surface area contributed by atoms with Crippen LogP contribution in [0.2, 0.25) is 5.02 Å². The predicted molar refractivity (Wildman–Crippen MR) is 167 cm³/mol. The summed E-state index contributed by atoms with van der Waals surface area (Å²) in [5.41, 5.74) is 4.14. The van der Waals surface area contributed by atoms with E-state index in [1.165, 1.54) is 36.0 Å². The molecular formula is C31H37ClN6OS. The highest BCUT2D eigenvalue weighted by atomic mass is 35.5. The maximum Gasteiger partial charge on any atom is 0.232 e. The van der Waals surface area contributed by atoms with E-state index in [-0.39, 0.29) is 5.41 Å². The highest BCUT2D eigenvalue weighted by Gasteiger charge is 2.34. The van der Waals surface area contributed by atoms with Gasteiger partial charge in [0.05, 0.1) is 13.2 Å². The molecule has 1 aliphatic carbocycles. The Hall–Kier alpha value is -2.94. The van der Waals surface area contributed by atoms with E-state index < -0.39 is 0 Å². The maximum absolute atomic E-state index is 6.20. The second-order valence-electron chi connectivity index (χ2n) is 11.1. The van der Waals surface area contributed by atoms with Gasteiger partial charge in [-0.3, -0.25) is 0 Å². The molecule has 1 aromatic heterocycles. The Kier molecular flexibility index (Phi) is 8.37. The zero-order valence-electron chi connectivity index (χ0n) is 22.9. The van der Waals surface area contributed by atoms with E-state index in [0.717, 1.165) is 68.6 Å². The van der Waals surface area contributed by atoms with Crippen LogP contribution in [0.25, 0.3) is 0 Å². The second kappa shape index (κ2) is 12.3. The third-order valence-electron chi connectivity index (χ3n) is 8.57. The van der Waals surface area contributed by atoms with Gasteiger partial charge in [-0.15, -0.1) is 0 Å². The SMILES string of the molecule is S=C(NCC1(c2ccc(Cl)cc2)CCCCC1)Nc1nc(N2CCOCC2)cc(N2CCc3ccccc3C2)n1. The van der Waals surface area contributed by atoms with Gasteiger partial charge in [0.1, 0.15) is 11.6 Å². The molecule has 0 unspecified atom stereocenters. The molecule has 0 radical (unpaired) electrons. The normalized spacial score (nSPS) is 18.6. The van der Waals surface area contributed by atoms with Gasteiger partial charge in [-0.05, 0) is 60.3 Å². The fourth-order valence-electron chi connectivity index (χ4n) is 6.28. The Morgan fingerprint density at radius 3 is 2.35 bits per heavy atom. The molecule has 2 aromatic carbocycles. The van der Waals surface area contributed by atoms with Crippen LogP contribution in [0.1, 0.15) is 48.8 Å². The van der Waals surface area contributed by atoms with E-state index in [2.05, 4.69) is 62.9 Å². The van der Waals surface area contributed by atoms with Crippen molar-refractivity contribution in [2.75, 3.05) is 54.5 Å². The van der Waals surface area contributed by atoms with Crippen LogP contribution < -0.4 is 20.4 Å². The molecule has 2 fully saturated rings. The molecule has 1 saturated carbocycles. The number of aromatic nitrogens is 2. The monoisotopic (exact) mass is 576 g/mol. The summed E-state index contributed by atoms with van der Waals surface area (Å²) in [6.07, 6.45) is 6.99. The molecule has 3 aliphatic rings. The Morgan fingerprint density at radius 2 is 1.60 bits per heavy atom. The zero-order chi connectivity index (χ0) is 27.4. The van der Waals surface area contributed by atoms with Gasteiger partial charge in [-0.1, -0.05) is 67.3 Å². The number of nitrogens with zero attached hydrogens (tertiary/aromatic N) is 4. The standard InChI is InChI=1S/C31H37ClN6OS/c32-26-10-8-25(9-11-26)31(13-4-1-5-14-31)22-33-30(40)36-29-34-27(37-16-18-39-19-17-37)20-28(35-29)38-15-12-23-6-2-3-7-24(23)21-38/h2-3,6-11,20H,1,4-5,12-19,21-22H2,(H2,33,34,35,36,40). The van der Waals surface area contributed by atoms with E-state index in [0.29, 0.717) is 24.3 Å². The molecule has 9 heteroatoms. The zero-order valence-corrected chi connectivity index (χ0v) is 24.4. The minimum atomic E-state index is 0.0391. The van der Waals surface area contributed by atoms with Crippen molar-refractivity contribution in [2.45, 2.75) is 50.5 Å². The van der Waals surface area contributed by atoms with Crippen molar-refractivity contribution in [3.63, 3.8) is 0 Å². The summed E-state index contributed by atoms with van der Waals surface area (Å²) in [4.78, 5) is 14.5. The van der Waals surface area contributed by atoms with Crippen LogP contribution in [-0.2, 0) is 23.1 Å². The van der Waals surface area contributed by atoms with Crippen LogP contribution in [0.4, 0.5) is 17.6 Å². The molecule has 0 spiro atoms. The number of rotatable bonds is 6. The number of hydrogen-bond acceptors (Lipinski definition) is 6. The van der Waals surface area contributed by atoms with Gasteiger partial charge in [0.15, 0.2) is 5.11 Å². The molecule has 40 heavy (non-hydrogen) atoms. The van der Waals surface area contributed by atoms with Crippen molar-refractivity contribution in [3.8, 4) is 0 Å². The lowest BCUT2D eigenvalue weighted by Gasteiger charge is -2.38. The average Bonchev–Trinajstić information content (AvgIpc) is 3.01. The number of thiocarbonyl (C=S) groups is 1. The number of ether oxygens (including phenoxy) is 1. The first-order valence-corrected chi connectivity index (χ1v) is 15.2. The van der Waals surface area contributed by atoms with Crippen LogP contribution in [0.3, 0.4) is 0 Å². The summed E-state index contributed by atoms with van der Waals surface area (Å²) in [6, 6.07) is 19.1. The van der Waals surface area contributed by atoms with Gasteiger partial charge < -0.3 is 25.2 Å². The Labute approximate surface area is 247 Å². The van der Waals surface area contributed by atoms with Crippen LogP contribution >= 0.6 is 23.8 Å². The summed E-state index contributed by atoms with van der Waals surface area (Å²) >= 11 is 12.0. The summed E-state index contributed by atoms with van der Waals surface area (Å²) in [5.74, 6) is 2.35. The molecule has 3 aromatic rings. The summed E-state index contributed by atoms with van der Waals surface area (Å²) in [7, 11) is 0. The largest absolute Gasteiger partial charge is 0.378 e. The van der Waals surface area contributed by atoms with Crippen molar-refractivity contribution in [1.29, 1.82) is 0 Å². The van der Waals surface area contributed by atoms with Gasteiger partial charge in [0, 0.05) is 49.2 Å². The molecule has 0 atom stereocenters. The Balaban J connectivity index is 1.20. The molecule has 6 rings (SSSR count). The van der Waals surface area contributed by atoms with Crippen molar-refractivity contribution in [1.82, 2.24) is 15.3 Å². The number of hydrogen-bond donors (Lipinski definition) is 2. The molecule has 0 amide bonds. The molecular weight excluding hydrogens is 540 g/mol. The first-order chi connectivity index (χ1) is 19.6. The first kappa shape index (κ1) is 27.2. The number of anilines is 3. The van der Waals surface area contributed by atoms with Crippen LogP contribution in [0.15, 0.2) is 54.6 Å². The van der Waals surface area contributed by atoms with Gasteiger partial charge in [0.2, 0.25) is 5.95 Å². The molecule has 2 aliphatic heterocycles. The second-order valence-corrected chi connectivity index (χ2v) is 11.9. The van der Waals surface area contributed by atoms with Gasteiger partial charge >= 0.3 is 0 Å². The van der Waals surface area contributed by atoms with Gasteiger partial charge in [-0.2, -0.15) is 9.97 Å². The van der Waals surface area contributed by atoms with Crippen molar-refractivity contribution < 1.29 is 4.74 Å². The quantitative estimate of drug-likeness (QED) is 0.361. The summed E-state index contributed by atoms with van der Waals surface area (Å²) in [6.45, 7) is 5.54. The first-order valence-electron chi connectivity index (χ1n) is 14.4. The number of nitrogens with one attached hydrogen (secondary N) is 2. The lowest BCUT2D eigenvalue weighted by molar-refractivity contribution is 0.122. The predicted octanol–water partition coefficient (Wildman–Crippen LogP) is 5.72. The summed E-state index contributed by atoms with van der Waals surface area (Å²) < 4.78 is 5.59. The number of morpholine rings is 1. The molecule has 7 nitrogen and oxygen atoms in total. The molecule has 0 bridgehead atoms. The van der Waals surface area contributed by atoms with E-state index in [1.54, 1.807) is 0 Å². The van der Waals surface area contributed by atoms with Crippen LogP contribution in [-0.4, -0.2) is 54.5 Å². The molecule has 3 heterocycles. The lowest BCUT2D eigenvalue weighted by Crippen LogP contribution is -2.43. The van der Waals surface area contributed by atoms with Crippen LogP contribution in [0.5, 0.6) is 0 Å². The van der Waals surface area contributed by atoms with E-state index in [1.807, 2.05) is 12.1 Å². The van der Waals surface area contributed by atoms with Crippen molar-refractivity contribution >= 4 is 46.5 Å². The topological polar surface area (TPSA) is 65.6 Å². The minimum Gasteiger partial charge on any atom is -0.378 e. The molecule has 210 valence electrons. The summed E-state index contributed by atoms with van der Waals surface area (Å²) in [5, 5.41) is 8.17. The van der Waals surface area contributed by atoms with E-state index in [4.69, 9.17) is 38.5 Å². The highest BCUT2D eigenvalue weighted by molar-refractivity contribution is 7.80. The number of halogens is 1. The lowest BCUT2D eigenvalue weighted by atomic mass is 9.69. The van der Waals surface area contributed by atoms with Gasteiger partial charge in [-0.25, -0.2) is 0 Å². The average molecular weight is 577 g/mol.